The molecule has 1 aromatic carbocycles. The van der Waals surface area contributed by atoms with Crippen molar-refractivity contribution in [2.45, 2.75) is 197 Å². The van der Waals surface area contributed by atoms with Crippen LogP contribution in [0.4, 0.5) is 14.9 Å². The molecule has 5 aliphatic rings. The van der Waals surface area contributed by atoms with Crippen molar-refractivity contribution in [2.24, 2.45) is 35.5 Å². The molecule has 1 aliphatic carbocycles. The molecule has 4 heterocycles. The molecule has 76 heavy (non-hydrogen) atoms. The average Bonchev–Trinajstić information content (AvgIpc) is 4.03. The van der Waals surface area contributed by atoms with Crippen LogP contribution in [-0.4, -0.2) is 195 Å². The number of anilines is 1. The van der Waals surface area contributed by atoms with Crippen LogP contribution in [0.3, 0.4) is 0 Å². The van der Waals surface area contributed by atoms with E-state index in [9.17, 15) is 52.4 Å². The summed E-state index contributed by atoms with van der Waals surface area (Å²) in [6.07, 6.45) is -10.5. The van der Waals surface area contributed by atoms with Gasteiger partial charge < -0.3 is 68.5 Å². The third-order valence-corrected chi connectivity index (χ3v) is 18.1. The Morgan fingerprint density at radius 1 is 0.921 bits per heavy atom. The van der Waals surface area contributed by atoms with Gasteiger partial charge in [0.25, 0.3) is 0 Å². The van der Waals surface area contributed by atoms with E-state index in [0.717, 1.165) is 18.4 Å². The van der Waals surface area contributed by atoms with Gasteiger partial charge in [0.15, 0.2) is 22.4 Å². The predicted molar refractivity (Wildman–Crippen MR) is 272 cm³/mol. The summed E-state index contributed by atoms with van der Waals surface area (Å²) >= 11 is 0. The molecule has 23 heteroatoms. The van der Waals surface area contributed by atoms with E-state index in [1.165, 1.54) is 39.0 Å². The molecule has 5 fully saturated rings. The van der Waals surface area contributed by atoms with E-state index in [-0.39, 0.29) is 61.6 Å². The molecule has 6 rings (SSSR count). The SMILES string of the molecule is CC[C@H]1OC(=O)[C@H](C)[C@@H](O[C@H]2C[C@@](C)(OC)[C@@H](O)[C@H](C)O2)[C@H](C)[C@@H](O[C@@H]2O[C@H](C)C[C@H](N(C)CC3CC3C(=O)NC[C@H]3CN(c4ccc(S(C)(=O)=O)c(F)c4)C(=O)O3)[C@H]2O)[C@](C)(OC)C[C@@H](C)C(=O)[C@H](C)[C@@H](O)[C@]1(C)O. The Labute approximate surface area is 446 Å². The van der Waals surface area contributed by atoms with Crippen molar-refractivity contribution in [3.63, 3.8) is 0 Å². The van der Waals surface area contributed by atoms with Crippen molar-refractivity contribution in [2.75, 3.05) is 52.1 Å². The summed E-state index contributed by atoms with van der Waals surface area (Å²) in [5.41, 5.74) is -4.42. The molecule has 0 aromatic heterocycles. The van der Waals surface area contributed by atoms with Crippen LogP contribution in [0.5, 0.6) is 0 Å². The van der Waals surface area contributed by atoms with Crippen molar-refractivity contribution in [3.05, 3.63) is 24.0 Å². The van der Waals surface area contributed by atoms with Crippen molar-refractivity contribution < 1.29 is 90.3 Å². The zero-order valence-corrected chi connectivity index (χ0v) is 47.3. The first-order valence-electron chi connectivity index (χ1n) is 26.5. The van der Waals surface area contributed by atoms with Crippen molar-refractivity contribution in [1.29, 1.82) is 0 Å². The second-order valence-corrected chi connectivity index (χ2v) is 24.9. The van der Waals surface area contributed by atoms with E-state index >= 15 is 0 Å². The van der Waals surface area contributed by atoms with Gasteiger partial charge in [-0.25, -0.2) is 17.6 Å². The van der Waals surface area contributed by atoms with Crippen LogP contribution < -0.4 is 10.2 Å². The highest BCUT2D eigenvalue weighted by atomic mass is 32.2. The Balaban J connectivity index is 1.21. The molecular weight excluding hydrogens is 1020 g/mol. The minimum absolute atomic E-state index is 0.00377. The number of likely N-dealkylation sites (N-methyl/N-ethyl adjacent to an activating group) is 1. The summed E-state index contributed by atoms with van der Waals surface area (Å²) in [6.45, 7) is 17.1. The van der Waals surface area contributed by atoms with E-state index < -0.39 is 147 Å². The number of nitrogens with zero attached hydrogens (tertiary/aromatic N) is 2. The molecule has 21 atom stereocenters. The van der Waals surface area contributed by atoms with Gasteiger partial charge in [-0.15, -0.1) is 0 Å². The summed E-state index contributed by atoms with van der Waals surface area (Å²) in [7, 11) is 0.953. The molecule has 1 saturated carbocycles. The fourth-order valence-corrected chi connectivity index (χ4v) is 12.7. The summed E-state index contributed by atoms with van der Waals surface area (Å²) in [4.78, 5) is 57.5. The zero-order valence-electron chi connectivity index (χ0n) is 46.5. The van der Waals surface area contributed by atoms with Gasteiger partial charge in [0, 0.05) is 63.2 Å². The lowest BCUT2D eigenvalue weighted by Crippen LogP contribution is -2.61. The number of ketones is 1. The fourth-order valence-electron chi connectivity index (χ4n) is 11.9. The lowest BCUT2D eigenvalue weighted by atomic mass is 9.74. The number of benzene rings is 1. The van der Waals surface area contributed by atoms with Gasteiger partial charge in [0.05, 0.1) is 66.4 Å². The molecule has 0 spiro atoms. The number of hydrogen-bond donors (Lipinski definition) is 5. The molecule has 2 unspecified atom stereocenters. The average molecular weight is 1100 g/mol. The number of cyclic esters (lactones) is 2. The Bertz CT molecular complexity index is 2350. The van der Waals surface area contributed by atoms with Crippen LogP contribution in [-0.2, 0) is 62.1 Å². The van der Waals surface area contributed by atoms with Gasteiger partial charge in [0.2, 0.25) is 5.91 Å². The second-order valence-electron chi connectivity index (χ2n) is 23.0. The smallest absolute Gasteiger partial charge is 0.414 e. The van der Waals surface area contributed by atoms with Crippen LogP contribution in [0.1, 0.15) is 101 Å². The number of ether oxygens (including phenoxy) is 8. The monoisotopic (exact) mass is 1100 g/mol. The summed E-state index contributed by atoms with van der Waals surface area (Å²) < 4.78 is 88.5. The highest BCUT2D eigenvalue weighted by Crippen LogP contribution is 2.44. The number of aliphatic hydroxyl groups excluding tert-OH is 3. The van der Waals surface area contributed by atoms with E-state index in [1.807, 2.05) is 18.9 Å². The predicted octanol–water partition coefficient (Wildman–Crippen LogP) is 3.13. The minimum Gasteiger partial charge on any atom is -0.459 e. The number of amides is 2. The van der Waals surface area contributed by atoms with E-state index in [2.05, 4.69) is 5.32 Å². The van der Waals surface area contributed by atoms with Gasteiger partial charge >= 0.3 is 12.1 Å². The number of carbonyl (C=O) groups excluding carboxylic acids is 4. The maximum Gasteiger partial charge on any atom is 0.414 e. The van der Waals surface area contributed by atoms with Crippen LogP contribution in [0.15, 0.2) is 23.1 Å². The molecule has 4 saturated heterocycles. The standard InChI is InChI=1S/C53H84FN3O18S/c1-15-39-53(10,65)44(60)28(4)41(58)26(2)21-52(9,69-13)46(29(5)43(30(6)48(63)73-39)74-40-22-51(8,68-12)45(61)31(7)71-40)75-49-42(59)37(18-27(3)70-49)56(11)24-32-19-35(32)47(62)55-23-34-25-57(50(64)72-34)33-16-17-38(36(54)20-33)76(14,66)67/h16-17,20,26-32,34-35,37,39-40,42-46,49,59-61,65H,15,18-19,21-25H2,1-14H3,(H,55,62)/t26-,27-,28+,29+,30-,31+,32?,34+,35?,37+,39-,40+,42-,43+,44-,45+,46-,49+,51-,52-,53-/m1/s1. The van der Waals surface area contributed by atoms with Crippen LogP contribution >= 0.6 is 0 Å². The molecule has 0 bridgehead atoms. The maximum absolute atomic E-state index is 14.6. The molecule has 1 aromatic rings. The van der Waals surface area contributed by atoms with E-state index in [0.29, 0.717) is 19.4 Å². The first kappa shape index (κ1) is 61.7. The van der Waals surface area contributed by atoms with E-state index in [1.54, 1.807) is 48.5 Å². The summed E-state index contributed by atoms with van der Waals surface area (Å²) in [6, 6.07) is 2.81. The maximum atomic E-state index is 14.6. The van der Waals surface area contributed by atoms with E-state index in [4.69, 9.17) is 37.9 Å². The number of rotatable bonds is 15. The lowest BCUT2D eigenvalue weighted by Gasteiger charge is -2.50. The molecule has 5 N–H and O–H groups in total. The second kappa shape index (κ2) is 24.1. The molecule has 432 valence electrons. The molecule has 21 nitrogen and oxygen atoms in total. The van der Waals surface area contributed by atoms with Gasteiger partial charge in [-0.1, -0.05) is 27.7 Å². The topological polar surface area (TPSA) is 276 Å². The van der Waals surface area contributed by atoms with Gasteiger partial charge in [-0.3, -0.25) is 19.3 Å². The van der Waals surface area contributed by atoms with Gasteiger partial charge in [0.1, 0.15) is 46.5 Å². The quantitative estimate of drug-likeness (QED) is 0.158. The third kappa shape index (κ3) is 13.2. The molecule has 4 aliphatic heterocycles. The fraction of sp³-hybridized carbons (Fsp3) is 0.811. The number of sulfone groups is 1. The number of esters is 1. The summed E-state index contributed by atoms with van der Waals surface area (Å²) in [5, 5.41) is 49.7. The minimum atomic E-state index is -3.82. The number of methoxy groups -OCH3 is 2. The normalized spacial score (nSPS) is 42.1. The Kier molecular flexibility index (Phi) is 19.6. The first-order valence-corrected chi connectivity index (χ1v) is 28.4. The number of nitrogens with one attached hydrogen (secondary N) is 1. The lowest BCUT2D eigenvalue weighted by molar-refractivity contribution is -0.319. The first-order chi connectivity index (χ1) is 35.3. The van der Waals surface area contributed by atoms with Crippen molar-refractivity contribution in [3.8, 4) is 0 Å². The molecular formula is C53H84FN3O18S. The number of Topliss-reactive ketones (excluding diaryl/α,β-unsaturated/α-hetero) is 1. The van der Waals surface area contributed by atoms with Crippen LogP contribution in [0.25, 0.3) is 0 Å². The largest absolute Gasteiger partial charge is 0.459 e. The van der Waals surface area contributed by atoms with Gasteiger partial charge in [-0.05, 0) is 98.4 Å². The van der Waals surface area contributed by atoms with Crippen molar-refractivity contribution in [1.82, 2.24) is 10.2 Å². The zero-order chi connectivity index (χ0) is 56.7. The van der Waals surface area contributed by atoms with Crippen LogP contribution in [0, 0.1) is 41.3 Å². The Morgan fingerprint density at radius 2 is 1.58 bits per heavy atom. The molecule has 0 radical (unpaired) electrons. The highest BCUT2D eigenvalue weighted by Gasteiger charge is 2.55. The summed E-state index contributed by atoms with van der Waals surface area (Å²) in [5.74, 6) is -6.73. The number of hydrogen-bond acceptors (Lipinski definition) is 19. The third-order valence-electron chi connectivity index (χ3n) is 17.0. The Hall–Kier alpha value is -3.46. The molecule has 2 amide bonds. The highest BCUT2D eigenvalue weighted by molar-refractivity contribution is 7.90. The van der Waals surface area contributed by atoms with Gasteiger partial charge in [-0.2, -0.15) is 0 Å². The number of halogens is 1. The number of aliphatic hydroxyl groups is 4. The van der Waals surface area contributed by atoms with Crippen molar-refractivity contribution >= 4 is 39.3 Å². The van der Waals surface area contributed by atoms with Crippen LogP contribution in [0.2, 0.25) is 0 Å². The Morgan fingerprint density at radius 3 is 2.18 bits per heavy atom. The number of carbonyl (C=O) groups is 4.